The number of nitrogens with zero attached hydrogens (tertiary/aromatic N) is 1. The van der Waals surface area contributed by atoms with Gasteiger partial charge in [-0.25, -0.2) is 4.98 Å². The van der Waals surface area contributed by atoms with Gasteiger partial charge in [-0.15, -0.1) is 11.3 Å². The molecule has 2 aromatic heterocycles. The molecule has 0 atom stereocenters. The summed E-state index contributed by atoms with van der Waals surface area (Å²) < 4.78 is 1.84. The summed E-state index contributed by atoms with van der Waals surface area (Å²) in [6.45, 7) is 4.31. The predicted octanol–water partition coefficient (Wildman–Crippen LogP) is 6.22. The smallest absolute Gasteiger partial charge is 0.196 e. The summed E-state index contributed by atoms with van der Waals surface area (Å²) in [6, 6.07) is 13.7. The first-order valence-corrected chi connectivity index (χ1v) is 10.0. The van der Waals surface area contributed by atoms with Crippen molar-refractivity contribution in [2.75, 3.05) is 5.32 Å². The maximum absolute atomic E-state index is 13.3. The zero-order valence-corrected chi connectivity index (χ0v) is 16.2. The Morgan fingerprint density at radius 1 is 1.12 bits per heavy atom. The van der Waals surface area contributed by atoms with Gasteiger partial charge in [0, 0.05) is 26.5 Å². The standard InChI is InChI=1S/C21H19ClN2OS/c1-3-13(4-2)23-21-20-18(14-7-5-6-8-16(14)24-21)19(25)15-11-12(22)9-10-17(15)26-20/h5-11,13H,3-4H2,1-2H3,(H,23,24). The van der Waals surface area contributed by atoms with Crippen LogP contribution in [0.3, 0.4) is 0 Å². The number of benzene rings is 2. The molecule has 0 radical (unpaired) electrons. The molecule has 5 heteroatoms. The van der Waals surface area contributed by atoms with Crippen molar-refractivity contribution in [2.45, 2.75) is 32.7 Å². The molecule has 4 aromatic rings. The first-order valence-electron chi connectivity index (χ1n) is 8.83. The third-order valence-electron chi connectivity index (χ3n) is 4.80. The third kappa shape index (κ3) is 2.83. The number of fused-ring (bicyclic) bond motifs is 4. The number of nitrogens with one attached hydrogen (secondary N) is 1. The average Bonchev–Trinajstić information content (AvgIpc) is 2.66. The van der Waals surface area contributed by atoms with E-state index in [4.69, 9.17) is 16.6 Å². The highest BCUT2D eigenvalue weighted by Gasteiger charge is 2.16. The predicted molar refractivity (Wildman–Crippen MR) is 114 cm³/mol. The van der Waals surface area contributed by atoms with E-state index in [1.807, 2.05) is 36.4 Å². The summed E-state index contributed by atoms with van der Waals surface area (Å²) in [7, 11) is 0. The van der Waals surface area contributed by atoms with Crippen molar-refractivity contribution in [3.8, 4) is 0 Å². The second-order valence-electron chi connectivity index (χ2n) is 6.41. The zero-order valence-electron chi connectivity index (χ0n) is 14.7. The lowest BCUT2D eigenvalue weighted by molar-refractivity contribution is 0.670. The van der Waals surface area contributed by atoms with Gasteiger partial charge in [0.05, 0.1) is 15.6 Å². The van der Waals surface area contributed by atoms with Gasteiger partial charge in [-0.2, -0.15) is 0 Å². The van der Waals surface area contributed by atoms with Crippen molar-refractivity contribution in [3.05, 3.63) is 57.7 Å². The first kappa shape index (κ1) is 17.3. The lowest BCUT2D eigenvalue weighted by Crippen LogP contribution is -2.18. The molecular weight excluding hydrogens is 364 g/mol. The molecule has 26 heavy (non-hydrogen) atoms. The van der Waals surface area contributed by atoms with Gasteiger partial charge < -0.3 is 5.32 Å². The van der Waals surface area contributed by atoms with E-state index < -0.39 is 0 Å². The number of para-hydroxylation sites is 1. The molecule has 0 bridgehead atoms. The number of aromatic nitrogens is 1. The quantitative estimate of drug-likeness (QED) is 0.336. The van der Waals surface area contributed by atoms with E-state index in [1.54, 1.807) is 17.4 Å². The van der Waals surface area contributed by atoms with Crippen LogP contribution < -0.4 is 10.7 Å². The molecule has 0 saturated carbocycles. The van der Waals surface area contributed by atoms with Crippen molar-refractivity contribution >= 4 is 59.8 Å². The Bertz CT molecular complexity index is 1180. The van der Waals surface area contributed by atoms with Crippen LogP contribution in [0.5, 0.6) is 0 Å². The van der Waals surface area contributed by atoms with Crippen LogP contribution in [0.15, 0.2) is 47.3 Å². The van der Waals surface area contributed by atoms with Crippen LogP contribution in [0, 0.1) is 0 Å². The van der Waals surface area contributed by atoms with Gasteiger partial charge in [-0.05, 0) is 37.1 Å². The Morgan fingerprint density at radius 2 is 1.88 bits per heavy atom. The SMILES string of the molecule is CCC(CC)Nc1nc2ccccc2c2c(=O)c3cc(Cl)ccc3sc12. The van der Waals surface area contributed by atoms with E-state index in [9.17, 15) is 4.79 Å². The van der Waals surface area contributed by atoms with Crippen molar-refractivity contribution in [1.82, 2.24) is 4.98 Å². The third-order valence-corrected chi connectivity index (χ3v) is 6.21. The maximum atomic E-state index is 13.3. The fourth-order valence-corrected chi connectivity index (χ4v) is 4.61. The minimum absolute atomic E-state index is 0.0162. The van der Waals surface area contributed by atoms with Gasteiger partial charge in [0.25, 0.3) is 0 Å². The number of hydrogen-bond acceptors (Lipinski definition) is 4. The van der Waals surface area contributed by atoms with E-state index in [1.165, 1.54) is 0 Å². The van der Waals surface area contributed by atoms with E-state index in [0.717, 1.165) is 44.3 Å². The average molecular weight is 383 g/mol. The Morgan fingerprint density at radius 3 is 2.65 bits per heavy atom. The van der Waals surface area contributed by atoms with Gasteiger partial charge in [-0.3, -0.25) is 4.79 Å². The van der Waals surface area contributed by atoms with Crippen molar-refractivity contribution in [1.29, 1.82) is 0 Å². The van der Waals surface area contributed by atoms with Gasteiger partial charge in [0.1, 0.15) is 5.82 Å². The second kappa shape index (κ2) is 6.86. The Labute approximate surface area is 160 Å². The Hall–Kier alpha value is -2.17. The van der Waals surface area contributed by atoms with Crippen LogP contribution in [0.2, 0.25) is 5.02 Å². The molecule has 2 aromatic carbocycles. The molecular formula is C21H19ClN2OS. The molecule has 132 valence electrons. The Kier molecular flexibility index (Phi) is 4.55. The largest absolute Gasteiger partial charge is 0.366 e. The van der Waals surface area contributed by atoms with E-state index >= 15 is 0 Å². The lowest BCUT2D eigenvalue weighted by Gasteiger charge is -2.18. The molecule has 0 saturated heterocycles. The molecule has 0 fully saturated rings. The molecule has 4 rings (SSSR count). The number of anilines is 1. The minimum Gasteiger partial charge on any atom is -0.366 e. The van der Waals surface area contributed by atoms with E-state index in [2.05, 4.69) is 19.2 Å². The number of halogens is 1. The molecule has 0 amide bonds. The molecule has 0 unspecified atom stereocenters. The molecule has 0 aliphatic heterocycles. The number of pyridine rings is 1. The van der Waals surface area contributed by atoms with Gasteiger partial charge in [-0.1, -0.05) is 43.6 Å². The zero-order chi connectivity index (χ0) is 18.3. The number of hydrogen-bond donors (Lipinski definition) is 1. The maximum Gasteiger partial charge on any atom is 0.196 e. The van der Waals surface area contributed by atoms with Crippen molar-refractivity contribution in [2.24, 2.45) is 0 Å². The highest BCUT2D eigenvalue weighted by atomic mass is 35.5. The molecule has 0 aliphatic carbocycles. The molecule has 0 aliphatic rings. The summed E-state index contributed by atoms with van der Waals surface area (Å²) in [5.41, 5.74) is 0.849. The summed E-state index contributed by atoms with van der Waals surface area (Å²) in [4.78, 5) is 18.2. The summed E-state index contributed by atoms with van der Waals surface area (Å²) in [5.74, 6) is 0.798. The van der Waals surface area contributed by atoms with Crippen LogP contribution in [0.4, 0.5) is 5.82 Å². The first-order chi connectivity index (χ1) is 12.6. The summed E-state index contributed by atoms with van der Waals surface area (Å²) >= 11 is 7.73. The Balaban J connectivity index is 2.15. The van der Waals surface area contributed by atoms with Crippen LogP contribution in [-0.4, -0.2) is 11.0 Å². The molecule has 0 spiro atoms. The van der Waals surface area contributed by atoms with Crippen LogP contribution in [0.25, 0.3) is 31.1 Å². The van der Waals surface area contributed by atoms with E-state index in [0.29, 0.717) is 16.5 Å². The van der Waals surface area contributed by atoms with Crippen molar-refractivity contribution < 1.29 is 0 Å². The second-order valence-corrected chi connectivity index (χ2v) is 7.90. The summed E-state index contributed by atoms with van der Waals surface area (Å²) in [5, 5.41) is 6.41. The van der Waals surface area contributed by atoms with Gasteiger partial charge in [0.2, 0.25) is 0 Å². The van der Waals surface area contributed by atoms with Crippen LogP contribution in [0.1, 0.15) is 26.7 Å². The normalized spacial score (nSPS) is 11.7. The summed E-state index contributed by atoms with van der Waals surface area (Å²) in [6.07, 6.45) is 2.01. The highest BCUT2D eigenvalue weighted by Crippen LogP contribution is 2.35. The molecule has 3 nitrogen and oxygen atoms in total. The van der Waals surface area contributed by atoms with Gasteiger partial charge in [0.15, 0.2) is 5.43 Å². The monoisotopic (exact) mass is 382 g/mol. The molecule has 2 heterocycles. The minimum atomic E-state index is 0.0162. The topological polar surface area (TPSA) is 42.0 Å². The van der Waals surface area contributed by atoms with Crippen LogP contribution >= 0.6 is 22.9 Å². The fraction of sp³-hybridized carbons (Fsp3) is 0.238. The van der Waals surface area contributed by atoms with Crippen molar-refractivity contribution in [3.63, 3.8) is 0 Å². The number of rotatable bonds is 4. The highest BCUT2D eigenvalue weighted by molar-refractivity contribution is 7.25. The molecule has 1 N–H and O–H groups in total. The van der Waals surface area contributed by atoms with Crippen LogP contribution in [-0.2, 0) is 0 Å². The fourth-order valence-electron chi connectivity index (χ4n) is 3.32. The van der Waals surface area contributed by atoms with E-state index in [-0.39, 0.29) is 5.43 Å². The lowest BCUT2D eigenvalue weighted by atomic mass is 10.1. The van der Waals surface area contributed by atoms with Gasteiger partial charge >= 0.3 is 0 Å².